The molecule has 4 rings (SSSR count). The summed E-state index contributed by atoms with van der Waals surface area (Å²) in [6.45, 7) is 1.54. The maximum atomic E-state index is 12.4. The van der Waals surface area contributed by atoms with Gasteiger partial charge in [0.2, 0.25) is 0 Å². The molecule has 1 aromatic rings. The van der Waals surface area contributed by atoms with Crippen molar-refractivity contribution in [3.8, 4) is 0 Å². The molecule has 21 heavy (non-hydrogen) atoms. The number of benzene rings is 1. The van der Waals surface area contributed by atoms with E-state index < -0.39 is 5.60 Å². The first kappa shape index (κ1) is 13.3. The number of nitrogens with zero attached hydrogens (tertiary/aromatic N) is 1. The van der Waals surface area contributed by atoms with Crippen LogP contribution in [0.4, 0.5) is 0 Å². The van der Waals surface area contributed by atoms with Gasteiger partial charge in [0.05, 0.1) is 12.7 Å². The molecule has 110 valence electrons. The first-order valence-electron chi connectivity index (χ1n) is 7.18. The highest BCUT2D eigenvalue weighted by Crippen LogP contribution is 2.51. The van der Waals surface area contributed by atoms with Gasteiger partial charge in [-0.3, -0.25) is 0 Å². The lowest BCUT2D eigenvalue weighted by atomic mass is 9.83. The lowest BCUT2D eigenvalue weighted by Crippen LogP contribution is -2.45. The Bertz CT molecular complexity index is 659. The van der Waals surface area contributed by atoms with Crippen LogP contribution in [0.15, 0.2) is 23.8 Å². The van der Waals surface area contributed by atoms with Gasteiger partial charge in [-0.15, -0.1) is 0 Å². The van der Waals surface area contributed by atoms with Crippen molar-refractivity contribution in [1.29, 1.82) is 0 Å². The van der Waals surface area contributed by atoms with Gasteiger partial charge in [0.25, 0.3) is 0 Å². The van der Waals surface area contributed by atoms with E-state index in [2.05, 4.69) is 0 Å². The zero-order valence-electron chi connectivity index (χ0n) is 11.8. The Morgan fingerprint density at radius 3 is 2.81 bits per heavy atom. The van der Waals surface area contributed by atoms with Crippen LogP contribution in [0, 0.1) is 0 Å². The number of carbonyl (C=O) groups is 1. The van der Waals surface area contributed by atoms with E-state index in [0.29, 0.717) is 10.6 Å². The monoisotopic (exact) mass is 305 g/mol. The van der Waals surface area contributed by atoms with Crippen LogP contribution in [0.25, 0.3) is 5.57 Å². The summed E-state index contributed by atoms with van der Waals surface area (Å²) in [5, 5.41) is 2.55. The number of halogens is 1. The van der Waals surface area contributed by atoms with Crippen LogP contribution in [0.5, 0.6) is 0 Å². The minimum absolute atomic E-state index is 0.220. The van der Waals surface area contributed by atoms with E-state index >= 15 is 0 Å². The molecule has 2 aliphatic heterocycles. The van der Waals surface area contributed by atoms with E-state index in [4.69, 9.17) is 21.2 Å². The van der Waals surface area contributed by atoms with Crippen LogP contribution in [0.2, 0.25) is 5.02 Å². The van der Waals surface area contributed by atoms with Gasteiger partial charge in [-0.25, -0.2) is 4.79 Å². The van der Waals surface area contributed by atoms with Crippen molar-refractivity contribution >= 4 is 23.1 Å². The van der Waals surface area contributed by atoms with Crippen LogP contribution in [0.1, 0.15) is 24.0 Å². The highest BCUT2D eigenvalue weighted by molar-refractivity contribution is 6.35. The van der Waals surface area contributed by atoms with E-state index in [1.54, 1.807) is 7.11 Å². The van der Waals surface area contributed by atoms with Crippen LogP contribution in [0.3, 0.4) is 0 Å². The highest BCUT2D eigenvalue weighted by Gasteiger charge is 2.52. The maximum Gasteiger partial charge on any atom is 0.339 e. The fourth-order valence-corrected chi connectivity index (χ4v) is 4.05. The normalized spacial score (nSPS) is 23.4. The summed E-state index contributed by atoms with van der Waals surface area (Å²) in [7, 11) is 1.68. The number of hydrogen-bond donors (Lipinski definition) is 0. The molecular formula is C16H16ClNO3. The van der Waals surface area contributed by atoms with Crippen LogP contribution < -0.4 is 0 Å². The molecule has 1 spiro atoms. The number of piperidine rings is 1. The van der Waals surface area contributed by atoms with Crippen molar-refractivity contribution in [3.05, 3.63) is 39.9 Å². The average Bonchev–Trinajstić information content (AvgIpc) is 2.99. The summed E-state index contributed by atoms with van der Waals surface area (Å²) in [6, 6.07) is 5.82. The predicted octanol–water partition coefficient (Wildman–Crippen LogP) is 2.60. The minimum Gasteiger partial charge on any atom is -0.451 e. The summed E-state index contributed by atoms with van der Waals surface area (Å²) < 4.78 is 5.81. The van der Waals surface area contributed by atoms with Crippen molar-refractivity contribution in [2.75, 3.05) is 20.2 Å². The Kier molecular flexibility index (Phi) is 2.89. The van der Waals surface area contributed by atoms with Crippen LogP contribution in [-0.2, 0) is 20.8 Å². The number of esters is 1. The van der Waals surface area contributed by atoms with E-state index in [1.165, 1.54) is 0 Å². The minimum atomic E-state index is -0.455. The van der Waals surface area contributed by atoms with Gasteiger partial charge in [-0.1, -0.05) is 23.7 Å². The summed E-state index contributed by atoms with van der Waals surface area (Å²) in [5.41, 5.74) is 3.39. The van der Waals surface area contributed by atoms with E-state index in [0.717, 1.165) is 49.1 Å². The molecule has 0 aromatic heterocycles. The molecule has 0 bridgehead atoms. The summed E-state index contributed by atoms with van der Waals surface area (Å²) in [4.78, 5) is 17.7. The van der Waals surface area contributed by atoms with Gasteiger partial charge in [0, 0.05) is 36.5 Å². The molecule has 4 nitrogen and oxygen atoms in total. The molecule has 0 amide bonds. The van der Waals surface area contributed by atoms with Gasteiger partial charge in [-0.05, 0) is 23.6 Å². The number of fused-ring (bicyclic) bond motifs is 3. The smallest absolute Gasteiger partial charge is 0.339 e. The molecule has 1 aliphatic carbocycles. The second-order valence-corrected chi connectivity index (χ2v) is 6.21. The SMILES string of the molecule is CON1CCC2(CC1)OC(=O)C1=C2Cc2cccc(Cl)c21. The molecule has 0 saturated carbocycles. The largest absolute Gasteiger partial charge is 0.451 e. The van der Waals surface area contributed by atoms with Gasteiger partial charge in [-0.2, -0.15) is 5.06 Å². The van der Waals surface area contributed by atoms with Crippen LogP contribution in [-0.4, -0.2) is 36.8 Å². The number of rotatable bonds is 1. The third kappa shape index (κ3) is 1.79. The summed E-state index contributed by atoms with van der Waals surface area (Å²) in [6.07, 6.45) is 2.32. The fourth-order valence-electron chi connectivity index (χ4n) is 3.76. The third-order valence-corrected chi connectivity index (χ3v) is 5.16. The quantitative estimate of drug-likeness (QED) is 0.748. The Morgan fingerprint density at radius 2 is 2.10 bits per heavy atom. The number of hydroxylamine groups is 2. The maximum absolute atomic E-state index is 12.4. The third-order valence-electron chi connectivity index (χ3n) is 4.85. The number of hydrogen-bond acceptors (Lipinski definition) is 4. The standard InChI is InChI=1S/C16H16ClNO3/c1-20-18-7-5-16(6-8-18)11-9-10-3-2-4-12(17)13(10)14(11)15(19)21-16/h2-4H,5-9H2,1H3. The number of ether oxygens (including phenoxy) is 1. The van der Waals surface area contributed by atoms with Gasteiger partial charge in [0.1, 0.15) is 5.60 Å². The Balaban J connectivity index is 1.75. The molecule has 3 aliphatic rings. The molecule has 2 heterocycles. The zero-order chi connectivity index (χ0) is 14.6. The van der Waals surface area contributed by atoms with E-state index in [-0.39, 0.29) is 5.97 Å². The lowest BCUT2D eigenvalue weighted by molar-refractivity contribution is -0.179. The average molecular weight is 306 g/mol. The second kappa shape index (κ2) is 4.57. The molecular weight excluding hydrogens is 290 g/mol. The van der Waals surface area contributed by atoms with Crippen molar-refractivity contribution in [2.45, 2.75) is 24.9 Å². The molecule has 1 fully saturated rings. The predicted molar refractivity (Wildman–Crippen MR) is 78.7 cm³/mol. The molecule has 1 saturated heterocycles. The van der Waals surface area contributed by atoms with Crippen molar-refractivity contribution in [3.63, 3.8) is 0 Å². The lowest BCUT2D eigenvalue weighted by Gasteiger charge is -2.38. The first-order chi connectivity index (χ1) is 10.1. The molecule has 0 atom stereocenters. The molecule has 1 aromatic carbocycles. The van der Waals surface area contributed by atoms with Crippen molar-refractivity contribution in [2.24, 2.45) is 0 Å². The Hall–Kier alpha value is -1.36. The fraction of sp³-hybridized carbons (Fsp3) is 0.438. The second-order valence-electron chi connectivity index (χ2n) is 5.80. The molecule has 0 N–H and O–H groups in total. The van der Waals surface area contributed by atoms with Gasteiger partial charge < -0.3 is 9.57 Å². The van der Waals surface area contributed by atoms with Gasteiger partial charge in [0.15, 0.2) is 0 Å². The zero-order valence-corrected chi connectivity index (χ0v) is 12.6. The van der Waals surface area contributed by atoms with Crippen LogP contribution >= 0.6 is 11.6 Å². The van der Waals surface area contributed by atoms with E-state index in [9.17, 15) is 4.79 Å². The Morgan fingerprint density at radius 1 is 1.33 bits per heavy atom. The van der Waals surface area contributed by atoms with Crippen molar-refractivity contribution in [1.82, 2.24) is 5.06 Å². The van der Waals surface area contributed by atoms with Gasteiger partial charge >= 0.3 is 5.97 Å². The first-order valence-corrected chi connectivity index (χ1v) is 7.56. The summed E-state index contributed by atoms with van der Waals surface area (Å²) in [5.74, 6) is -0.220. The highest BCUT2D eigenvalue weighted by atomic mass is 35.5. The molecule has 0 unspecified atom stereocenters. The van der Waals surface area contributed by atoms with Crippen molar-refractivity contribution < 1.29 is 14.4 Å². The Labute approximate surface area is 128 Å². The number of carbonyl (C=O) groups excluding carboxylic acids is 1. The van der Waals surface area contributed by atoms with E-state index in [1.807, 2.05) is 23.3 Å². The molecule has 5 heteroatoms. The summed E-state index contributed by atoms with van der Waals surface area (Å²) >= 11 is 6.30. The topological polar surface area (TPSA) is 38.8 Å². The molecule has 0 radical (unpaired) electrons.